The highest BCUT2D eigenvalue weighted by atomic mass is 16.1. The van der Waals surface area contributed by atoms with Crippen LogP contribution in [-0.2, 0) is 6.42 Å². The van der Waals surface area contributed by atoms with Gasteiger partial charge in [-0.3, -0.25) is 4.79 Å². The van der Waals surface area contributed by atoms with Gasteiger partial charge in [-0.2, -0.15) is 0 Å². The van der Waals surface area contributed by atoms with Gasteiger partial charge in [-0.1, -0.05) is 37.3 Å². The first kappa shape index (κ1) is 11.3. The number of aryl methyl sites for hydroxylation is 1. The Balaban J connectivity index is 2.62. The summed E-state index contributed by atoms with van der Waals surface area (Å²) in [6.45, 7) is 1.93. The SMILES string of the molecule is CCc1nnc(-c2ccccc2)c(=O)n1NC. The van der Waals surface area contributed by atoms with E-state index in [1.165, 1.54) is 4.68 Å². The van der Waals surface area contributed by atoms with Crippen LogP contribution in [0.3, 0.4) is 0 Å². The molecule has 2 rings (SSSR count). The Hall–Kier alpha value is -2.17. The molecule has 0 amide bonds. The number of rotatable bonds is 3. The molecule has 0 fully saturated rings. The number of aromatic nitrogens is 3. The molecule has 0 saturated heterocycles. The van der Waals surface area contributed by atoms with Crippen molar-refractivity contribution in [3.63, 3.8) is 0 Å². The fourth-order valence-electron chi connectivity index (χ4n) is 1.65. The van der Waals surface area contributed by atoms with E-state index >= 15 is 0 Å². The molecule has 2 aromatic rings. The van der Waals surface area contributed by atoms with E-state index < -0.39 is 0 Å². The van der Waals surface area contributed by atoms with E-state index in [-0.39, 0.29) is 5.56 Å². The summed E-state index contributed by atoms with van der Waals surface area (Å²) in [7, 11) is 1.69. The van der Waals surface area contributed by atoms with Crippen molar-refractivity contribution >= 4 is 0 Å². The lowest BCUT2D eigenvalue weighted by Crippen LogP contribution is -2.32. The molecule has 88 valence electrons. The quantitative estimate of drug-likeness (QED) is 0.856. The Bertz CT molecular complexity index is 562. The number of benzene rings is 1. The van der Waals surface area contributed by atoms with Crippen LogP contribution in [0.2, 0.25) is 0 Å². The van der Waals surface area contributed by atoms with Gasteiger partial charge in [0.1, 0.15) is 0 Å². The smallest absolute Gasteiger partial charge is 0.298 e. The third-order valence-electron chi connectivity index (χ3n) is 2.52. The average molecular weight is 230 g/mol. The van der Waals surface area contributed by atoms with Gasteiger partial charge in [-0.05, 0) is 0 Å². The van der Waals surface area contributed by atoms with Crippen LogP contribution in [0.25, 0.3) is 11.3 Å². The summed E-state index contributed by atoms with van der Waals surface area (Å²) in [5.41, 5.74) is 3.78. The van der Waals surface area contributed by atoms with E-state index in [4.69, 9.17) is 0 Å². The zero-order valence-corrected chi connectivity index (χ0v) is 9.84. The van der Waals surface area contributed by atoms with Gasteiger partial charge in [0.15, 0.2) is 11.5 Å². The highest BCUT2D eigenvalue weighted by Gasteiger charge is 2.11. The molecule has 5 heteroatoms. The third kappa shape index (κ3) is 2.04. The Morgan fingerprint density at radius 1 is 1.24 bits per heavy atom. The number of hydrogen-bond donors (Lipinski definition) is 1. The second-order valence-corrected chi connectivity index (χ2v) is 3.55. The Kier molecular flexibility index (Phi) is 3.18. The molecular weight excluding hydrogens is 216 g/mol. The fraction of sp³-hybridized carbons (Fsp3) is 0.250. The lowest BCUT2D eigenvalue weighted by molar-refractivity contribution is 0.709. The van der Waals surface area contributed by atoms with E-state index in [2.05, 4.69) is 15.6 Å². The molecule has 1 aromatic carbocycles. The summed E-state index contributed by atoms with van der Waals surface area (Å²) in [6, 6.07) is 9.32. The summed E-state index contributed by atoms with van der Waals surface area (Å²) in [6.07, 6.45) is 0.651. The Morgan fingerprint density at radius 3 is 2.53 bits per heavy atom. The summed E-state index contributed by atoms with van der Waals surface area (Å²) >= 11 is 0. The van der Waals surface area contributed by atoms with Crippen LogP contribution in [0, 0.1) is 0 Å². The first-order valence-electron chi connectivity index (χ1n) is 5.49. The van der Waals surface area contributed by atoms with Crippen molar-refractivity contribution in [2.24, 2.45) is 0 Å². The second kappa shape index (κ2) is 4.78. The van der Waals surface area contributed by atoms with Crippen molar-refractivity contribution < 1.29 is 0 Å². The lowest BCUT2D eigenvalue weighted by atomic mass is 10.2. The van der Waals surface area contributed by atoms with Gasteiger partial charge in [-0.15, -0.1) is 10.2 Å². The minimum Gasteiger partial charge on any atom is -0.324 e. The Labute approximate surface area is 99.1 Å². The minimum atomic E-state index is -0.175. The van der Waals surface area contributed by atoms with Gasteiger partial charge in [0.2, 0.25) is 0 Å². The molecule has 1 heterocycles. The van der Waals surface area contributed by atoms with Gasteiger partial charge in [-0.25, -0.2) is 4.68 Å². The molecule has 5 nitrogen and oxygen atoms in total. The zero-order chi connectivity index (χ0) is 12.3. The first-order valence-corrected chi connectivity index (χ1v) is 5.49. The van der Waals surface area contributed by atoms with Crippen molar-refractivity contribution in [1.82, 2.24) is 14.9 Å². The van der Waals surface area contributed by atoms with Gasteiger partial charge in [0.25, 0.3) is 5.56 Å². The monoisotopic (exact) mass is 230 g/mol. The van der Waals surface area contributed by atoms with Crippen LogP contribution >= 0.6 is 0 Å². The molecule has 0 saturated carbocycles. The van der Waals surface area contributed by atoms with Crippen molar-refractivity contribution in [2.75, 3.05) is 12.5 Å². The summed E-state index contributed by atoms with van der Waals surface area (Å²) < 4.78 is 1.43. The fourth-order valence-corrected chi connectivity index (χ4v) is 1.65. The predicted octanol–water partition coefficient (Wildman–Crippen LogP) is 1.04. The molecular formula is C12H14N4O. The maximum Gasteiger partial charge on any atom is 0.298 e. The summed E-state index contributed by atoms with van der Waals surface area (Å²) in [4.78, 5) is 12.2. The van der Waals surface area contributed by atoms with Gasteiger partial charge in [0, 0.05) is 19.0 Å². The maximum atomic E-state index is 12.2. The number of hydrogen-bond acceptors (Lipinski definition) is 4. The standard InChI is InChI=1S/C12H14N4O/c1-3-10-14-15-11(12(17)16(10)13-2)9-7-5-4-6-8-9/h4-8,13H,3H2,1-2H3. The molecule has 0 aliphatic rings. The molecule has 0 radical (unpaired) electrons. The molecule has 17 heavy (non-hydrogen) atoms. The third-order valence-corrected chi connectivity index (χ3v) is 2.52. The van der Waals surface area contributed by atoms with Crippen LogP contribution in [0.5, 0.6) is 0 Å². The van der Waals surface area contributed by atoms with Crippen molar-refractivity contribution in [3.8, 4) is 11.3 Å². The van der Waals surface area contributed by atoms with E-state index in [0.717, 1.165) is 5.56 Å². The second-order valence-electron chi connectivity index (χ2n) is 3.55. The molecule has 1 N–H and O–H groups in total. The molecule has 0 aliphatic heterocycles. The van der Waals surface area contributed by atoms with Crippen LogP contribution in [0.1, 0.15) is 12.7 Å². The van der Waals surface area contributed by atoms with Crippen LogP contribution in [0.4, 0.5) is 0 Å². The van der Waals surface area contributed by atoms with E-state index in [0.29, 0.717) is 17.9 Å². The van der Waals surface area contributed by atoms with Gasteiger partial charge < -0.3 is 5.43 Å². The van der Waals surface area contributed by atoms with E-state index in [1.807, 2.05) is 37.3 Å². The largest absolute Gasteiger partial charge is 0.324 e. The highest BCUT2D eigenvalue weighted by molar-refractivity contribution is 5.57. The van der Waals surface area contributed by atoms with Gasteiger partial charge >= 0.3 is 0 Å². The molecule has 0 aliphatic carbocycles. The number of nitrogens with one attached hydrogen (secondary N) is 1. The van der Waals surface area contributed by atoms with Crippen molar-refractivity contribution in [2.45, 2.75) is 13.3 Å². The highest BCUT2D eigenvalue weighted by Crippen LogP contribution is 2.10. The zero-order valence-electron chi connectivity index (χ0n) is 9.84. The van der Waals surface area contributed by atoms with E-state index in [1.54, 1.807) is 7.05 Å². The molecule has 0 unspecified atom stereocenters. The molecule has 1 aromatic heterocycles. The van der Waals surface area contributed by atoms with Gasteiger partial charge in [0.05, 0.1) is 0 Å². The van der Waals surface area contributed by atoms with Crippen molar-refractivity contribution in [1.29, 1.82) is 0 Å². The predicted molar refractivity (Wildman–Crippen MR) is 66.4 cm³/mol. The normalized spacial score (nSPS) is 10.2. The lowest BCUT2D eigenvalue weighted by Gasteiger charge is -2.10. The topological polar surface area (TPSA) is 59.8 Å². The molecule has 0 bridgehead atoms. The molecule has 0 spiro atoms. The number of nitrogens with zero attached hydrogens (tertiary/aromatic N) is 3. The van der Waals surface area contributed by atoms with Crippen LogP contribution in [0.15, 0.2) is 35.1 Å². The van der Waals surface area contributed by atoms with Crippen molar-refractivity contribution in [3.05, 3.63) is 46.5 Å². The van der Waals surface area contributed by atoms with E-state index in [9.17, 15) is 4.79 Å². The summed E-state index contributed by atoms with van der Waals surface area (Å²) in [5.74, 6) is 0.622. The van der Waals surface area contributed by atoms with Crippen LogP contribution in [-0.4, -0.2) is 21.9 Å². The maximum absolute atomic E-state index is 12.2. The molecule has 0 atom stereocenters. The Morgan fingerprint density at radius 2 is 1.94 bits per heavy atom. The first-order chi connectivity index (χ1) is 8.27. The van der Waals surface area contributed by atoms with Crippen LogP contribution < -0.4 is 11.0 Å². The minimum absolute atomic E-state index is 0.175. The summed E-state index contributed by atoms with van der Waals surface area (Å²) in [5, 5.41) is 8.06. The average Bonchev–Trinajstić information content (AvgIpc) is 2.39.